The summed E-state index contributed by atoms with van der Waals surface area (Å²) in [6.45, 7) is 8.45. The van der Waals surface area contributed by atoms with Crippen molar-refractivity contribution in [1.82, 2.24) is 19.9 Å². The van der Waals surface area contributed by atoms with E-state index in [2.05, 4.69) is 89.0 Å². The number of carbonyl (C=O) groups excluding carboxylic acids is 2. The lowest BCUT2D eigenvalue weighted by molar-refractivity contribution is -0.135. The first-order chi connectivity index (χ1) is 25.7. The van der Waals surface area contributed by atoms with Crippen LogP contribution < -0.4 is 25.0 Å². The van der Waals surface area contributed by atoms with Crippen LogP contribution in [0.1, 0.15) is 62.4 Å². The molecule has 2 amide bonds. The first-order valence-electron chi connectivity index (χ1n) is 18.5. The van der Waals surface area contributed by atoms with Gasteiger partial charge in [-0.3, -0.25) is 14.9 Å². The topological polar surface area (TPSA) is 120 Å². The normalized spacial score (nSPS) is 22.1. The summed E-state index contributed by atoms with van der Waals surface area (Å²) in [6, 6.07) is 25.0. The number of anilines is 2. The molecule has 2 aromatic heterocycles. The van der Waals surface area contributed by atoms with Gasteiger partial charge >= 0.3 is 0 Å². The molecular weight excluding hydrogens is 668 g/mol. The Hall–Kier alpha value is -5.42. The highest BCUT2D eigenvalue weighted by molar-refractivity contribution is 5.99. The molecule has 3 saturated heterocycles. The molecule has 2 N–H and O–H groups in total. The molecular formula is C42H44N6O5. The zero-order valence-electron chi connectivity index (χ0n) is 30.1. The van der Waals surface area contributed by atoms with Crippen molar-refractivity contribution >= 4 is 34.2 Å². The van der Waals surface area contributed by atoms with E-state index in [1.807, 2.05) is 41.4 Å². The molecule has 1 atom stereocenters. The minimum Gasteiger partial charge on any atom is -0.490 e. The van der Waals surface area contributed by atoms with E-state index in [1.165, 1.54) is 11.1 Å². The number of nitrogens with one attached hydrogen (secondary N) is 2. The summed E-state index contributed by atoms with van der Waals surface area (Å²) >= 11 is 0. The number of benzene rings is 3. The van der Waals surface area contributed by atoms with Crippen molar-refractivity contribution in [3.05, 3.63) is 108 Å². The number of rotatable bonds is 11. The third-order valence-electron chi connectivity index (χ3n) is 11.4. The molecule has 1 spiro atoms. The fraction of sp³-hybridized carbons (Fsp3) is 0.381. The Labute approximate surface area is 308 Å². The average molecular weight is 713 g/mol. The van der Waals surface area contributed by atoms with Gasteiger partial charge in [-0.05, 0) is 65.4 Å². The second kappa shape index (κ2) is 13.2. The number of nitrogens with zero attached hydrogens (tertiary/aromatic N) is 4. The maximum absolute atomic E-state index is 12.3. The van der Waals surface area contributed by atoms with Crippen molar-refractivity contribution in [3.8, 4) is 11.5 Å². The van der Waals surface area contributed by atoms with Crippen LogP contribution in [0.2, 0.25) is 0 Å². The monoisotopic (exact) mass is 712 g/mol. The molecule has 9 rings (SSSR count). The molecule has 1 saturated carbocycles. The number of carbonyl (C=O) groups is 2. The van der Waals surface area contributed by atoms with Crippen molar-refractivity contribution in [2.45, 2.75) is 69.7 Å². The fourth-order valence-electron chi connectivity index (χ4n) is 7.94. The van der Waals surface area contributed by atoms with E-state index in [0.717, 1.165) is 78.7 Å². The van der Waals surface area contributed by atoms with E-state index >= 15 is 0 Å². The van der Waals surface area contributed by atoms with Crippen LogP contribution in [0.25, 0.3) is 10.8 Å². The molecule has 0 bridgehead atoms. The van der Waals surface area contributed by atoms with Crippen LogP contribution in [-0.4, -0.2) is 64.8 Å². The van der Waals surface area contributed by atoms with E-state index in [4.69, 9.17) is 19.2 Å². The number of aromatic nitrogens is 3. The van der Waals surface area contributed by atoms with Gasteiger partial charge in [0.15, 0.2) is 0 Å². The average Bonchev–Trinajstić information content (AvgIpc) is 3.52. The predicted octanol–water partition coefficient (Wildman–Crippen LogP) is 6.17. The van der Waals surface area contributed by atoms with Gasteiger partial charge < -0.3 is 29.0 Å². The van der Waals surface area contributed by atoms with Gasteiger partial charge in [-0.15, -0.1) is 0 Å². The van der Waals surface area contributed by atoms with Crippen LogP contribution in [0.5, 0.6) is 11.5 Å². The van der Waals surface area contributed by atoms with Crippen molar-refractivity contribution < 1.29 is 23.8 Å². The Balaban J connectivity index is 0.747. The summed E-state index contributed by atoms with van der Waals surface area (Å²) in [5, 5.41) is 8.22. The summed E-state index contributed by atoms with van der Waals surface area (Å²) in [7, 11) is 0. The third-order valence-corrected chi connectivity index (χ3v) is 11.4. The van der Waals surface area contributed by atoms with Gasteiger partial charge in [-0.1, -0.05) is 44.2 Å². The van der Waals surface area contributed by atoms with Gasteiger partial charge in [0.2, 0.25) is 17.8 Å². The second-order valence-corrected chi connectivity index (χ2v) is 15.7. The van der Waals surface area contributed by atoms with E-state index in [9.17, 15) is 9.59 Å². The van der Waals surface area contributed by atoms with E-state index in [-0.39, 0.29) is 29.4 Å². The standard InChI is InChI=1S/C42H44N6O5/c1-41(2,29-4-9-34(10-5-29)52-22-32-15-16-43-40(45-32)48-23-42(24-48)25-51-26-42)30-6-11-35(12-7-30)53-36-18-33(19-36)44-31-8-3-27-20-47(21-28(27)17-31)37-13-14-38(49)46-39(37)50/h3-12,15-17,20-21,33,36-37,44H,13-14,18-19,22-26H2,1-2H3,(H,46,49,50). The van der Waals surface area contributed by atoms with E-state index in [0.29, 0.717) is 30.9 Å². The molecule has 11 nitrogen and oxygen atoms in total. The number of imide groups is 1. The number of hydrogen-bond acceptors (Lipinski definition) is 9. The molecule has 272 valence electrons. The molecule has 53 heavy (non-hydrogen) atoms. The lowest BCUT2D eigenvalue weighted by Crippen LogP contribution is -2.66. The highest BCUT2D eigenvalue weighted by Gasteiger charge is 2.50. The largest absolute Gasteiger partial charge is 0.490 e. The molecule has 5 aromatic rings. The summed E-state index contributed by atoms with van der Waals surface area (Å²) in [5.74, 6) is 2.01. The second-order valence-electron chi connectivity index (χ2n) is 15.7. The molecule has 3 aromatic carbocycles. The zero-order valence-corrected chi connectivity index (χ0v) is 30.1. The van der Waals surface area contributed by atoms with Crippen LogP contribution in [0.4, 0.5) is 11.6 Å². The molecule has 1 unspecified atom stereocenters. The Kier molecular flexibility index (Phi) is 8.33. The number of piperidine rings is 1. The minimum absolute atomic E-state index is 0.162. The Morgan fingerprint density at radius 2 is 1.64 bits per heavy atom. The Bertz CT molecular complexity index is 2150. The molecule has 11 heteroatoms. The Morgan fingerprint density at radius 1 is 0.925 bits per heavy atom. The van der Waals surface area contributed by atoms with Crippen molar-refractivity contribution in [2.75, 3.05) is 36.5 Å². The molecule has 3 aliphatic heterocycles. The van der Waals surface area contributed by atoms with Gasteiger partial charge in [0, 0.05) is 73.5 Å². The fourth-order valence-corrected chi connectivity index (χ4v) is 7.94. The smallest absolute Gasteiger partial charge is 0.249 e. The summed E-state index contributed by atoms with van der Waals surface area (Å²) in [6.07, 6.45) is 8.67. The quantitative estimate of drug-likeness (QED) is 0.155. The third kappa shape index (κ3) is 6.70. The van der Waals surface area contributed by atoms with Gasteiger partial charge in [-0.25, -0.2) is 9.97 Å². The van der Waals surface area contributed by atoms with Crippen molar-refractivity contribution in [3.63, 3.8) is 0 Å². The van der Waals surface area contributed by atoms with Crippen molar-refractivity contribution in [1.29, 1.82) is 0 Å². The van der Waals surface area contributed by atoms with Crippen LogP contribution in [0.3, 0.4) is 0 Å². The lowest BCUT2D eigenvalue weighted by Gasteiger charge is -2.54. The number of amides is 2. The summed E-state index contributed by atoms with van der Waals surface area (Å²) in [4.78, 5) is 35.3. The SMILES string of the molecule is CC(C)(c1ccc(OCc2ccnc(N3CC4(COC4)C3)n2)cc1)c1ccc(OC2CC(Nc3ccc4cn(C5CCC(=O)NC5=O)cc4c3)C2)cc1. The first kappa shape index (κ1) is 33.4. The van der Waals surface area contributed by atoms with Gasteiger partial charge in [-0.2, -0.15) is 0 Å². The summed E-state index contributed by atoms with van der Waals surface area (Å²) < 4.78 is 19.8. The van der Waals surface area contributed by atoms with Gasteiger partial charge in [0.1, 0.15) is 30.3 Å². The zero-order chi connectivity index (χ0) is 36.2. The number of ether oxygens (including phenoxy) is 3. The molecule has 4 aliphatic rings. The maximum Gasteiger partial charge on any atom is 0.249 e. The Morgan fingerprint density at radius 3 is 2.34 bits per heavy atom. The van der Waals surface area contributed by atoms with Crippen LogP contribution in [-0.2, 0) is 26.3 Å². The highest BCUT2D eigenvalue weighted by Crippen LogP contribution is 2.39. The molecule has 5 heterocycles. The van der Waals surface area contributed by atoms with Crippen LogP contribution in [0, 0.1) is 5.41 Å². The summed E-state index contributed by atoms with van der Waals surface area (Å²) in [5.41, 5.74) is 4.44. The highest BCUT2D eigenvalue weighted by atomic mass is 16.5. The van der Waals surface area contributed by atoms with Crippen LogP contribution in [0.15, 0.2) is 91.4 Å². The van der Waals surface area contributed by atoms with Crippen molar-refractivity contribution in [2.24, 2.45) is 5.41 Å². The number of fused-ring (bicyclic) bond motifs is 1. The minimum atomic E-state index is -0.351. The van der Waals surface area contributed by atoms with E-state index < -0.39 is 0 Å². The van der Waals surface area contributed by atoms with Gasteiger partial charge in [0.25, 0.3) is 0 Å². The predicted molar refractivity (Wildman–Crippen MR) is 201 cm³/mol. The molecule has 1 aliphatic carbocycles. The van der Waals surface area contributed by atoms with Crippen LogP contribution >= 0.6 is 0 Å². The van der Waals surface area contributed by atoms with Gasteiger partial charge in [0.05, 0.1) is 24.3 Å². The molecule has 0 radical (unpaired) electrons. The maximum atomic E-state index is 12.3. The first-order valence-corrected chi connectivity index (χ1v) is 18.5. The molecule has 4 fully saturated rings. The van der Waals surface area contributed by atoms with E-state index in [1.54, 1.807) is 0 Å². The number of hydrogen-bond donors (Lipinski definition) is 2. The lowest BCUT2D eigenvalue weighted by atomic mass is 9.78.